The summed E-state index contributed by atoms with van der Waals surface area (Å²) in [5, 5.41) is 14.6. The highest BCUT2D eigenvalue weighted by molar-refractivity contribution is 5.79. The first-order chi connectivity index (χ1) is 8.22. The van der Waals surface area contributed by atoms with E-state index in [-0.39, 0.29) is 0 Å². The second-order valence-corrected chi connectivity index (χ2v) is 4.00. The molecule has 5 nitrogen and oxygen atoms in total. The van der Waals surface area contributed by atoms with Crippen LogP contribution in [0.15, 0.2) is 23.4 Å². The number of oxime groups is 1. The third-order valence-electron chi connectivity index (χ3n) is 2.42. The van der Waals surface area contributed by atoms with E-state index in [0.29, 0.717) is 12.3 Å². The van der Waals surface area contributed by atoms with Crippen LogP contribution in [0, 0.1) is 6.92 Å². The quantitative estimate of drug-likeness (QED) is 0.220. The van der Waals surface area contributed by atoms with Gasteiger partial charge in [0.1, 0.15) is 5.84 Å². The lowest BCUT2D eigenvalue weighted by Gasteiger charge is -2.04. The molecule has 4 N–H and O–H groups in total. The number of aromatic nitrogens is 1. The smallest absolute Gasteiger partial charge is 0.139 e. The highest BCUT2D eigenvalue weighted by Crippen LogP contribution is 1.98. The van der Waals surface area contributed by atoms with Gasteiger partial charge in [0.25, 0.3) is 0 Å². The van der Waals surface area contributed by atoms with Gasteiger partial charge in [-0.1, -0.05) is 11.2 Å². The Hall–Kier alpha value is -1.62. The number of nitrogens with zero attached hydrogens (tertiary/aromatic N) is 2. The zero-order valence-corrected chi connectivity index (χ0v) is 10.2. The molecule has 1 heterocycles. The first kappa shape index (κ1) is 13.4. The molecule has 1 rings (SSSR count). The maximum absolute atomic E-state index is 8.35. The summed E-state index contributed by atoms with van der Waals surface area (Å²) in [6.07, 6.45) is 2.56. The van der Waals surface area contributed by atoms with Crippen molar-refractivity contribution in [2.75, 3.05) is 6.54 Å². The Morgan fingerprint density at radius 3 is 3.00 bits per heavy atom. The Morgan fingerprint density at radius 1 is 1.47 bits per heavy atom. The highest BCUT2D eigenvalue weighted by atomic mass is 16.4. The summed E-state index contributed by atoms with van der Waals surface area (Å²) in [5.41, 5.74) is 7.46. The van der Waals surface area contributed by atoms with Crippen LogP contribution in [-0.4, -0.2) is 22.6 Å². The third kappa shape index (κ3) is 5.87. The van der Waals surface area contributed by atoms with Crippen LogP contribution < -0.4 is 11.1 Å². The maximum atomic E-state index is 8.35. The van der Waals surface area contributed by atoms with Crippen molar-refractivity contribution in [3.63, 3.8) is 0 Å². The molecule has 0 bridgehead atoms. The maximum Gasteiger partial charge on any atom is 0.139 e. The predicted molar refractivity (Wildman–Crippen MR) is 67.9 cm³/mol. The first-order valence-corrected chi connectivity index (χ1v) is 5.82. The molecule has 0 aromatic carbocycles. The molecule has 0 saturated heterocycles. The van der Waals surface area contributed by atoms with Crippen LogP contribution in [0.3, 0.4) is 0 Å². The summed E-state index contributed by atoms with van der Waals surface area (Å²) >= 11 is 0. The Balaban J connectivity index is 2.08. The second-order valence-electron chi connectivity index (χ2n) is 4.00. The molecule has 5 heteroatoms. The zero-order valence-electron chi connectivity index (χ0n) is 10.2. The van der Waals surface area contributed by atoms with Crippen LogP contribution >= 0.6 is 0 Å². The molecule has 0 aliphatic carbocycles. The van der Waals surface area contributed by atoms with Gasteiger partial charge in [-0.15, -0.1) is 0 Å². The monoisotopic (exact) mass is 236 g/mol. The van der Waals surface area contributed by atoms with E-state index in [4.69, 9.17) is 10.9 Å². The van der Waals surface area contributed by atoms with Gasteiger partial charge in [0.05, 0.1) is 5.69 Å². The molecule has 1 aromatic heterocycles. The molecule has 0 amide bonds. The van der Waals surface area contributed by atoms with E-state index in [1.807, 2.05) is 25.1 Å². The molecule has 17 heavy (non-hydrogen) atoms. The molecule has 0 fully saturated rings. The van der Waals surface area contributed by atoms with Crippen LogP contribution in [0.1, 0.15) is 30.7 Å². The summed E-state index contributed by atoms with van der Waals surface area (Å²) in [7, 11) is 0. The molecule has 94 valence electrons. The molecular formula is C12H20N4O. The standard InChI is InChI=1S/C12H20N4O/c1-10-5-4-6-11(15-10)9-14-8-3-2-7-12(13)16-17/h4-6,14,17H,2-3,7-9H2,1H3,(H2,13,16). The minimum Gasteiger partial charge on any atom is -0.409 e. The number of hydrogen-bond donors (Lipinski definition) is 3. The Bertz CT molecular complexity index is 365. The molecule has 0 aliphatic rings. The molecule has 0 radical (unpaired) electrons. The summed E-state index contributed by atoms with van der Waals surface area (Å²) in [4.78, 5) is 4.40. The SMILES string of the molecule is Cc1cccc(CNCCCC/C(N)=N/O)n1. The van der Waals surface area contributed by atoms with Gasteiger partial charge in [-0.2, -0.15) is 0 Å². The predicted octanol–water partition coefficient (Wildman–Crippen LogP) is 1.40. The fourth-order valence-corrected chi connectivity index (χ4v) is 1.52. The number of nitrogens with two attached hydrogens (primary N) is 1. The minimum atomic E-state index is 0.297. The van der Waals surface area contributed by atoms with E-state index < -0.39 is 0 Å². The van der Waals surface area contributed by atoms with Crippen LogP contribution in [-0.2, 0) is 6.54 Å². The fourth-order valence-electron chi connectivity index (χ4n) is 1.52. The van der Waals surface area contributed by atoms with E-state index in [9.17, 15) is 0 Å². The Kier molecular flexibility index (Phi) is 6.03. The van der Waals surface area contributed by atoms with E-state index in [0.717, 1.165) is 37.3 Å². The number of aryl methyl sites for hydroxylation is 1. The van der Waals surface area contributed by atoms with Crippen molar-refractivity contribution >= 4 is 5.84 Å². The number of nitrogens with one attached hydrogen (secondary N) is 1. The van der Waals surface area contributed by atoms with Gasteiger partial charge in [-0.05, 0) is 38.4 Å². The average Bonchev–Trinajstić information content (AvgIpc) is 2.33. The number of unbranched alkanes of at least 4 members (excludes halogenated alkanes) is 1. The summed E-state index contributed by atoms with van der Waals surface area (Å²) in [6, 6.07) is 6.01. The lowest BCUT2D eigenvalue weighted by molar-refractivity contribution is 0.316. The topological polar surface area (TPSA) is 83.5 Å². The summed E-state index contributed by atoms with van der Waals surface area (Å²) < 4.78 is 0. The van der Waals surface area contributed by atoms with E-state index in [1.54, 1.807) is 0 Å². The third-order valence-corrected chi connectivity index (χ3v) is 2.42. The van der Waals surface area contributed by atoms with Gasteiger partial charge in [-0.3, -0.25) is 4.98 Å². The van der Waals surface area contributed by atoms with Gasteiger partial charge in [-0.25, -0.2) is 0 Å². The number of rotatable bonds is 7. The molecule has 1 aromatic rings. The van der Waals surface area contributed by atoms with Crippen molar-refractivity contribution in [2.45, 2.75) is 32.7 Å². The number of amidine groups is 1. The molecular weight excluding hydrogens is 216 g/mol. The van der Waals surface area contributed by atoms with Crippen molar-refractivity contribution in [3.05, 3.63) is 29.6 Å². The van der Waals surface area contributed by atoms with E-state index in [1.165, 1.54) is 0 Å². The molecule has 0 atom stereocenters. The Labute approximate surface area is 102 Å². The lowest BCUT2D eigenvalue weighted by atomic mass is 10.2. The first-order valence-electron chi connectivity index (χ1n) is 5.82. The fraction of sp³-hybridized carbons (Fsp3) is 0.500. The normalized spacial score (nSPS) is 11.7. The van der Waals surface area contributed by atoms with Gasteiger partial charge < -0.3 is 16.3 Å². The van der Waals surface area contributed by atoms with Crippen LogP contribution in [0.4, 0.5) is 0 Å². The summed E-state index contributed by atoms with van der Waals surface area (Å²) in [5.74, 6) is 0.297. The van der Waals surface area contributed by atoms with Crippen molar-refractivity contribution < 1.29 is 5.21 Å². The average molecular weight is 236 g/mol. The number of pyridine rings is 1. The van der Waals surface area contributed by atoms with Crippen LogP contribution in [0.25, 0.3) is 0 Å². The van der Waals surface area contributed by atoms with Crippen molar-refractivity contribution in [1.29, 1.82) is 0 Å². The lowest BCUT2D eigenvalue weighted by Crippen LogP contribution is -2.17. The van der Waals surface area contributed by atoms with Crippen molar-refractivity contribution in [1.82, 2.24) is 10.3 Å². The van der Waals surface area contributed by atoms with Crippen LogP contribution in [0.2, 0.25) is 0 Å². The molecule has 0 aliphatic heterocycles. The largest absolute Gasteiger partial charge is 0.409 e. The number of hydrogen-bond acceptors (Lipinski definition) is 4. The minimum absolute atomic E-state index is 0.297. The van der Waals surface area contributed by atoms with Gasteiger partial charge in [0.2, 0.25) is 0 Å². The van der Waals surface area contributed by atoms with Gasteiger partial charge in [0.15, 0.2) is 0 Å². The zero-order chi connectivity index (χ0) is 12.5. The Morgan fingerprint density at radius 2 is 2.29 bits per heavy atom. The van der Waals surface area contributed by atoms with Crippen molar-refractivity contribution in [3.8, 4) is 0 Å². The second kappa shape index (κ2) is 7.62. The molecule has 0 unspecified atom stereocenters. The summed E-state index contributed by atoms with van der Waals surface area (Å²) in [6.45, 7) is 3.68. The van der Waals surface area contributed by atoms with Crippen LogP contribution in [0.5, 0.6) is 0 Å². The van der Waals surface area contributed by atoms with Gasteiger partial charge in [0, 0.05) is 18.7 Å². The van der Waals surface area contributed by atoms with Crippen molar-refractivity contribution in [2.24, 2.45) is 10.9 Å². The molecule has 0 spiro atoms. The van der Waals surface area contributed by atoms with Gasteiger partial charge >= 0.3 is 0 Å². The molecule has 0 saturated carbocycles. The highest BCUT2D eigenvalue weighted by Gasteiger charge is 1.96. The van der Waals surface area contributed by atoms with E-state index in [2.05, 4.69) is 15.5 Å². The van der Waals surface area contributed by atoms with E-state index >= 15 is 0 Å².